The first-order chi connectivity index (χ1) is 6.74. The maximum absolute atomic E-state index is 11.2. The molecule has 1 rings (SSSR count). The van der Waals surface area contributed by atoms with Gasteiger partial charge in [-0.15, -0.1) is 0 Å². The van der Waals surface area contributed by atoms with Gasteiger partial charge in [0.15, 0.2) is 0 Å². The van der Waals surface area contributed by atoms with E-state index in [0.29, 0.717) is 0 Å². The number of carbonyl (C=O) groups is 1. The van der Waals surface area contributed by atoms with Gasteiger partial charge in [0.05, 0.1) is 18.5 Å². The Kier molecular flexibility index (Phi) is 3.27. The molecule has 4 N–H and O–H groups in total. The molecule has 0 saturated carbocycles. The van der Waals surface area contributed by atoms with E-state index >= 15 is 0 Å². The SMILES string of the molecule is COC(=O)c1c(NO)cccc1NO. The lowest BCUT2D eigenvalue weighted by Crippen LogP contribution is -2.09. The normalized spacial score (nSPS) is 9.36. The fourth-order valence-electron chi connectivity index (χ4n) is 1.06. The first-order valence-electron chi connectivity index (χ1n) is 3.76. The number of hydrogen-bond donors (Lipinski definition) is 4. The average molecular weight is 198 g/mol. The number of carbonyl (C=O) groups excluding carboxylic acids is 1. The summed E-state index contributed by atoms with van der Waals surface area (Å²) in [5, 5.41) is 17.4. The standard InChI is InChI=1S/C8H10N2O4/c1-14-8(11)7-5(9-12)3-2-4-6(7)10-13/h2-4,9-10,12-13H,1H3. The molecule has 0 aliphatic carbocycles. The summed E-state index contributed by atoms with van der Waals surface area (Å²) in [5.41, 5.74) is 3.99. The van der Waals surface area contributed by atoms with E-state index in [0.717, 1.165) is 0 Å². The van der Waals surface area contributed by atoms with Crippen molar-refractivity contribution in [2.24, 2.45) is 0 Å². The Morgan fingerprint density at radius 1 is 1.29 bits per heavy atom. The molecule has 0 aliphatic rings. The van der Waals surface area contributed by atoms with E-state index < -0.39 is 5.97 Å². The summed E-state index contributed by atoms with van der Waals surface area (Å²) in [5.74, 6) is -0.668. The lowest BCUT2D eigenvalue weighted by atomic mass is 10.1. The van der Waals surface area contributed by atoms with E-state index in [1.54, 1.807) is 6.07 Å². The van der Waals surface area contributed by atoms with Gasteiger partial charge in [-0.05, 0) is 12.1 Å². The van der Waals surface area contributed by atoms with Crippen LogP contribution in [0.3, 0.4) is 0 Å². The summed E-state index contributed by atoms with van der Waals surface area (Å²) in [6.07, 6.45) is 0. The first kappa shape index (κ1) is 10.3. The second-order valence-electron chi connectivity index (χ2n) is 2.44. The van der Waals surface area contributed by atoms with Crippen molar-refractivity contribution in [3.63, 3.8) is 0 Å². The molecule has 0 radical (unpaired) electrons. The Hall–Kier alpha value is -1.79. The van der Waals surface area contributed by atoms with Crippen LogP contribution in [0.2, 0.25) is 0 Å². The quantitative estimate of drug-likeness (QED) is 0.429. The van der Waals surface area contributed by atoms with Crippen LogP contribution in [0.5, 0.6) is 0 Å². The van der Waals surface area contributed by atoms with Gasteiger partial charge >= 0.3 is 5.97 Å². The largest absolute Gasteiger partial charge is 0.465 e. The number of esters is 1. The Bertz CT molecular complexity index is 318. The van der Waals surface area contributed by atoms with Crippen LogP contribution in [-0.2, 0) is 4.74 Å². The summed E-state index contributed by atoms with van der Waals surface area (Å²) in [7, 11) is 1.21. The highest BCUT2D eigenvalue weighted by molar-refractivity contribution is 6.01. The monoisotopic (exact) mass is 198 g/mol. The van der Waals surface area contributed by atoms with E-state index in [4.69, 9.17) is 10.4 Å². The van der Waals surface area contributed by atoms with Crippen LogP contribution in [0.15, 0.2) is 18.2 Å². The van der Waals surface area contributed by atoms with Crippen molar-refractivity contribution in [1.82, 2.24) is 0 Å². The van der Waals surface area contributed by atoms with E-state index in [-0.39, 0.29) is 16.9 Å². The third-order valence-electron chi connectivity index (χ3n) is 1.69. The predicted molar refractivity (Wildman–Crippen MR) is 48.6 cm³/mol. The predicted octanol–water partition coefficient (Wildman–Crippen LogP) is 1.08. The van der Waals surface area contributed by atoms with Gasteiger partial charge in [0, 0.05) is 0 Å². The first-order valence-corrected chi connectivity index (χ1v) is 3.76. The highest BCUT2D eigenvalue weighted by Gasteiger charge is 2.16. The molecule has 0 saturated heterocycles. The molecule has 14 heavy (non-hydrogen) atoms. The van der Waals surface area contributed by atoms with Gasteiger partial charge < -0.3 is 4.74 Å². The molecule has 1 aromatic rings. The van der Waals surface area contributed by atoms with Crippen molar-refractivity contribution in [3.05, 3.63) is 23.8 Å². The molecule has 0 atom stereocenters. The van der Waals surface area contributed by atoms with Crippen LogP contribution in [-0.4, -0.2) is 23.5 Å². The topological polar surface area (TPSA) is 90.8 Å². The van der Waals surface area contributed by atoms with Gasteiger partial charge in [0.25, 0.3) is 0 Å². The maximum Gasteiger partial charge on any atom is 0.342 e. The average Bonchev–Trinajstić information content (AvgIpc) is 2.26. The third-order valence-corrected chi connectivity index (χ3v) is 1.69. The molecule has 6 nitrogen and oxygen atoms in total. The summed E-state index contributed by atoms with van der Waals surface area (Å²) in [4.78, 5) is 11.2. The maximum atomic E-state index is 11.2. The Morgan fingerprint density at radius 3 is 2.14 bits per heavy atom. The van der Waals surface area contributed by atoms with Gasteiger partial charge in [0.2, 0.25) is 0 Å². The van der Waals surface area contributed by atoms with E-state index in [1.165, 1.54) is 19.2 Å². The molecule has 6 heteroatoms. The van der Waals surface area contributed by atoms with Gasteiger partial charge in [0.1, 0.15) is 5.56 Å². The molecular weight excluding hydrogens is 188 g/mol. The van der Waals surface area contributed by atoms with Crippen LogP contribution in [0.4, 0.5) is 11.4 Å². The second-order valence-corrected chi connectivity index (χ2v) is 2.44. The Balaban J connectivity index is 3.25. The van der Waals surface area contributed by atoms with Crippen LogP contribution in [0.1, 0.15) is 10.4 Å². The molecule has 76 valence electrons. The lowest BCUT2D eigenvalue weighted by Gasteiger charge is -2.10. The Morgan fingerprint density at radius 2 is 1.79 bits per heavy atom. The van der Waals surface area contributed by atoms with Crippen LogP contribution in [0, 0.1) is 0 Å². The number of ether oxygens (including phenoxy) is 1. The zero-order valence-electron chi connectivity index (χ0n) is 7.44. The van der Waals surface area contributed by atoms with Gasteiger partial charge in [-0.2, -0.15) is 0 Å². The third kappa shape index (κ3) is 1.76. The minimum absolute atomic E-state index is 0.0278. The van der Waals surface area contributed by atoms with Crippen molar-refractivity contribution in [3.8, 4) is 0 Å². The fourth-order valence-corrected chi connectivity index (χ4v) is 1.06. The molecule has 0 fully saturated rings. The highest BCUT2D eigenvalue weighted by Crippen LogP contribution is 2.24. The van der Waals surface area contributed by atoms with Crippen LogP contribution in [0.25, 0.3) is 0 Å². The van der Waals surface area contributed by atoms with Crippen molar-refractivity contribution in [2.75, 3.05) is 18.1 Å². The number of nitrogens with one attached hydrogen (secondary N) is 2. The number of hydrogen-bond acceptors (Lipinski definition) is 6. The van der Waals surface area contributed by atoms with Gasteiger partial charge in [-0.3, -0.25) is 21.4 Å². The molecule has 0 amide bonds. The van der Waals surface area contributed by atoms with Crippen molar-refractivity contribution in [1.29, 1.82) is 0 Å². The van der Waals surface area contributed by atoms with Crippen molar-refractivity contribution >= 4 is 17.3 Å². The smallest absolute Gasteiger partial charge is 0.342 e. The van der Waals surface area contributed by atoms with Crippen LogP contribution >= 0.6 is 0 Å². The molecular formula is C8H10N2O4. The summed E-state index contributed by atoms with van der Waals surface area (Å²) >= 11 is 0. The zero-order valence-corrected chi connectivity index (χ0v) is 7.44. The number of methoxy groups -OCH3 is 1. The van der Waals surface area contributed by atoms with E-state index in [9.17, 15) is 4.79 Å². The van der Waals surface area contributed by atoms with Crippen molar-refractivity contribution in [2.45, 2.75) is 0 Å². The minimum atomic E-state index is -0.668. The van der Waals surface area contributed by atoms with Gasteiger partial charge in [-0.1, -0.05) is 6.07 Å². The molecule has 1 aromatic carbocycles. The molecule has 0 bridgehead atoms. The summed E-state index contributed by atoms with van der Waals surface area (Å²) < 4.78 is 4.48. The molecule has 0 unspecified atom stereocenters. The number of anilines is 2. The molecule has 0 aromatic heterocycles. The van der Waals surface area contributed by atoms with Crippen molar-refractivity contribution < 1.29 is 19.9 Å². The fraction of sp³-hybridized carbons (Fsp3) is 0.125. The lowest BCUT2D eigenvalue weighted by molar-refractivity contribution is 0.0601. The Labute approximate surface area is 80.0 Å². The minimum Gasteiger partial charge on any atom is -0.465 e. The highest BCUT2D eigenvalue weighted by atomic mass is 16.5. The summed E-state index contributed by atoms with van der Waals surface area (Å²) in [6.45, 7) is 0. The molecule has 0 spiro atoms. The zero-order chi connectivity index (χ0) is 10.6. The molecule has 0 heterocycles. The number of rotatable bonds is 3. The summed E-state index contributed by atoms with van der Waals surface area (Å²) in [6, 6.07) is 4.48. The van der Waals surface area contributed by atoms with E-state index in [1.807, 2.05) is 11.0 Å². The molecule has 0 aliphatic heterocycles. The van der Waals surface area contributed by atoms with Gasteiger partial charge in [-0.25, -0.2) is 4.79 Å². The van der Waals surface area contributed by atoms with Crippen LogP contribution < -0.4 is 11.0 Å². The second kappa shape index (κ2) is 4.45. The number of benzene rings is 1. The van der Waals surface area contributed by atoms with E-state index in [2.05, 4.69) is 4.74 Å².